The molecule has 3 heterocycles. The van der Waals surface area contributed by atoms with Crippen molar-refractivity contribution < 1.29 is 9.53 Å². The van der Waals surface area contributed by atoms with Crippen LogP contribution < -0.4 is 0 Å². The van der Waals surface area contributed by atoms with Crippen molar-refractivity contribution in [2.24, 2.45) is 0 Å². The van der Waals surface area contributed by atoms with Gasteiger partial charge in [-0.1, -0.05) is 30.3 Å². The number of hydrogen-bond acceptors (Lipinski definition) is 4. The fourth-order valence-corrected chi connectivity index (χ4v) is 4.67. The summed E-state index contributed by atoms with van der Waals surface area (Å²) in [4.78, 5) is 19.6. The highest BCUT2D eigenvalue weighted by molar-refractivity contribution is 7.13. The summed E-state index contributed by atoms with van der Waals surface area (Å²) in [6.07, 6.45) is 4.38. The molecule has 2 aliphatic rings. The Morgan fingerprint density at radius 3 is 2.57 bits per heavy atom. The van der Waals surface area contributed by atoms with E-state index in [0.29, 0.717) is 23.9 Å². The molecule has 4 rings (SSSR count). The third-order valence-corrected chi connectivity index (χ3v) is 5.89. The second-order valence-electron chi connectivity index (χ2n) is 6.33. The largest absolute Gasteiger partial charge is 0.381 e. The van der Waals surface area contributed by atoms with Crippen LogP contribution in [0.1, 0.15) is 36.2 Å². The van der Waals surface area contributed by atoms with Crippen LogP contribution in [0.15, 0.2) is 35.7 Å². The Morgan fingerprint density at radius 2 is 1.91 bits per heavy atom. The zero-order valence-electron chi connectivity index (χ0n) is 13.1. The fraction of sp³-hybridized carbons (Fsp3) is 0.444. The summed E-state index contributed by atoms with van der Waals surface area (Å²) in [7, 11) is 1.77. The summed E-state index contributed by atoms with van der Waals surface area (Å²) in [6, 6.07) is 10.7. The molecule has 120 valence electrons. The van der Waals surface area contributed by atoms with E-state index >= 15 is 0 Å². The monoisotopic (exact) mass is 328 g/mol. The summed E-state index contributed by atoms with van der Waals surface area (Å²) in [6.45, 7) is 0. The first-order valence-electron chi connectivity index (χ1n) is 8.12. The predicted octanol–water partition coefficient (Wildman–Crippen LogP) is 3.59. The molecule has 0 spiro atoms. The van der Waals surface area contributed by atoms with Crippen LogP contribution in [0.25, 0.3) is 10.6 Å². The van der Waals surface area contributed by atoms with Crippen LogP contribution in [-0.2, 0) is 4.74 Å². The van der Waals surface area contributed by atoms with Crippen molar-refractivity contribution in [1.82, 2.24) is 9.88 Å². The molecule has 23 heavy (non-hydrogen) atoms. The standard InChI is InChI=1S/C18H20N2O2S/c1-22-15-9-13-7-8-14(10-15)20(13)18(21)16-11-23-17(19-16)12-5-3-2-4-6-12/h2-6,11,13-15H,7-10H2,1H3. The summed E-state index contributed by atoms with van der Waals surface area (Å²) >= 11 is 1.54. The molecule has 2 aliphatic heterocycles. The molecule has 2 saturated heterocycles. The third kappa shape index (κ3) is 2.68. The zero-order valence-corrected chi connectivity index (χ0v) is 14.0. The molecule has 0 saturated carbocycles. The molecule has 2 fully saturated rings. The van der Waals surface area contributed by atoms with Gasteiger partial charge in [0.2, 0.25) is 0 Å². The molecule has 0 N–H and O–H groups in total. The average Bonchev–Trinajstić information content (AvgIpc) is 3.18. The number of methoxy groups -OCH3 is 1. The van der Waals surface area contributed by atoms with E-state index in [-0.39, 0.29) is 5.91 Å². The van der Waals surface area contributed by atoms with Gasteiger partial charge in [0.05, 0.1) is 6.10 Å². The van der Waals surface area contributed by atoms with Crippen molar-refractivity contribution >= 4 is 17.2 Å². The first-order valence-corrected chi connectivity index (χ1v) is 9.00. The highest BCUT2D eigenvalue weighted by Gasteiger charge is 2.44. The van der Waals surface area contributed by atoms with Gasteiger partial charge in [-0.05, 0) is 25.7 Å². The Kier molecular flexibility index (Phi) is 3.91. The predicted molar refractivity (Wildman–Crippen MR) is 90.6 cm³/mol. The molecule has 2 atom stereocenters. The lowest BCUT2D eigenvalue weighted by Crippen LogP contribution is -2.48. The van der Waals surface area contributed by atoms with Crippen molar-refractivity contribution in [2.45, 2.75) is 43.9 Å². The van der Waals surface area contributed by atoms with Crippen LogP contribution in [-0.4, -0.2) is 41.1 Å². The normalized spacial score (nSPS) is 26.5. The van der Waals surface area contributed by atoms with E-state index in [2.05, 4.69) is 9.88 Å². The van der Waals surface area contributed by atoms with Gasteiger partial charge in [-0.3, -0.25) is 4.79 Å². The Bertz CT molecular complexity index is 686. The van der Waals surface area contributed by atoms with Crippen LogP contribution in [0, 0.1) is 0 Å². The van der Waals surface area contributed by atoms with Gasteiger partial charge in [0.1, 0.15) is 10.7 Å². The molecule has 1 aromatic heterocycles. The van der Waals surface area contributed by atoms with Crippen molar-refractivity contribution in [3.8, 4) is 10.6 Å². The van der Waals surface area contributed by atoms with Gasteiger partial charge in [0.25, 0.3) is 5.91 Å². The first kappa shape index (κ1) is 14.8. The minimum Gasteiger partial charge on any atom is -0.381 e. The summed E-state index contributed by atoms with van der Waals surface area (Å²) in [5.41, 5.74) is 1.65. The Labute approximate surface area is 140 Å². The third-order valence-electron chi connectivity index (χ3n) is 5.00. The summed E-state index contributed by atoms with van der Waals surface area (Å²) in [5, 5.41) is 2.81. The van der Waals surface area contributed by atoms with Gasteiger partial charge < -0.3 is 9.64 Å². The number of carbonyl (C=O) groups is 1. The number of ether oxygens (including phenoxy) is 1. The maximum Gasteiger partial charge on any atom is 0.273 e. The summed E-state index contributed by atoms with van der Waals surface area (Å²) in [5.74, 6) is 0.0884. The average molecular weight is 328 g/mol. The Balaban J connectivity index is 1.55. The number of rotatable bonds is 3. The first-order chi connectivity index (χ1) is 11.3. The van der Waals surface area contributed by atoms with E-state index in [1.807, 2.05) is 35.7 Å². The van der Waals surface area contributed by atoms with Gasteiger partial charge in [-0.25, -0.2) is 4.98 Å². The van der Waals surface area contributed by atoms with Crippen LogP contribution in [0.5, 0.6) is 0 Å². The molecule has 1 amide bonds. The van der Waals surface area contributed by atoms with Gasteiger partial charge >= 0.3 is 0 Å². The molecule has 5 heteroatoms. The highest BCUT2D eigenvalue weighted by atomic mass is 32.1. The molecule has 2 bridgehead atoms. The fourth-order valence-electron chi connectivity index (χ4n) is 3.87. The molecule has 0 aliphatic carbocycles. The molecule has 1 aromatic carbocycles. The van der Waals surface area contributed by atoms with Gasteiger partial charge in [-0.2, -0.15) is 0 Å². The van der Waals surface area contributed by atoms with Crippen LogP contribution in [0.2, 0.25) is 0 Å². The molecule has 2 aromatic rings. The van der Waals surface area contributed by atoms with E-state index in [9.17, 15) is 4.79 Å². The van der Waals surface area contributed by atoms with Crippen molar-refractivity contribution in [3.63, 3.8) is 0 Å². The van der Waals surface area contributed by atoms with Crippen LogP contribution in [0.3, 0.4) is 0 Å². The van der Waals surface area contributed by atoms with Crippen molar-refractivity contribution in [2.75, 3.05) is 7.11 Å². The maximum absolute atomic E-state index is 12.9. The minimum absolute atomic E-state index is 0.0884. The van der Waals surface area contributed by atoms with E-state index in [1.165, 1.54) is 11.3 Å². The molecular weight excluding hydrogens is 308 g/mol. The summed E-state index contributed by atoms with van der Waals surface area (Å²) < 4.78 is 5.52. The SMILES string of the molecule is COC1CC2CCC(C1)N2C(=O)c1csc(-c2ccccc2)n1. The Hall–Kier alpha value is -1.72. The van der Waals surface area contributed by atoms with Crippen molar-refractivity contribution in [3.05, 3.63) is 41.4 Å². The van der Waals surface area contributed by atoms with Crippen molar-refractivity contribution in [1.29, 1.82) is 0 Å². The number of carbonyl (C=O) groups excluding carboxylic acids is 1. The number of fused-ring (bicyclic) bond motifs is 2. The molecule has 4 nitrogen and oxygen atoms in total. The van der Waals surface area contributed by atoms with Gasteiger partial charge in [0.15, 0.2) is 0 Å². The number of piperidine rings is 1. The maximum atomic E-state index is 12.9. The van der Waals surface area contributed by atoms with Gasteiger partial charge in [0, 0.05) is 30.1 Å². The number of nitrogens with zero attached hydrogens (tertiary/aromatic N) is 2. The molecule has 2 unspecified atom stereocenters. The van der Waals surface area contributed by atoms with Gasteiger partial charge in [-0.15, -0.1) is 11.3 Å². The molecule has 0 radical (unpaired) electrons. The van der Waals surface area contributed by atoms with Crippen LogP contribution >= 0.6 is 11.3 Å². The second kappa shape index (κ2) is 6.06. The number of thiazole rings is 1. The number of amides is 1. The van der Waals surface area contributed by atoms with E-state index in [4.69, 9.17) is 4.74 Å². The lowest BCUT2D eigenvalue weighted by Gasteiger charge is -2.38. The van der Waals surface area contributed by atoms with E-state index in [0.717, 1.165) is 36.3 Å². The second-order valence-corrected chi connectivity index (χ2v) is 7.19. The van der Waals surface area contributed by atoms with E-state index in [1.54, 1.807) is 7.11 Å². The number of benzene rings is 1. The lowest BCUT2D eigenvalue weighted by atomic mass is 9.99. The van der Waals surface area contributed by atoms with Crippen LogP contribution in [0.4, 0.5) is 0 Å². The zero-order chi connectivity index (χ0) is 15.8. The minimum atomic E-state index is 0.0884. The number of aromatic nitrogens is 1. The molecular formula is C18H20N2O2S. The topological polar surface area (TPSA) is 42.4 Å². The Morgan fingerprint density at radius 1 is 1.22 bits per heavy atom. The highest BCUT2D eigenvalue weighted by Crippen LogP contribution is 2.38. The van der Waals surface area contributed by atoms with E-state index < -0.39 is 0 Å². The lowest BCUT2D eigenvalue weighted by molar-refractivity contribution is 0.00798. The number of hydrogen-bond donors (Lipinski definition) is 0. The quantitative estimate of drug-likeness (QED) is 0.865. The smallest absolute Gasteiger partial charge is 0.273 e.